The Kier molecular flexibility index (Phi) is 5.02. The summed E-state index contributed by atoms with van der Waals surface area (Å²) < 4.78 is 0. The predicted octanol–water partition coefficient (Wildman–Crippen LogP) is 2.88. The minimum Gasteiger partial charge on any atom is -0.394 e. The molecular weight excluding hydrogens is 152 g/mol. The molecule has 1 unspecified atom stereocenters. The van der Waals surface area contributed by atoms with Crippen molar-refractivity contribution in [2.45, 2.75) is 58.0 Å². The Balaban J connectivity index is 4.05. The SMILES string of the molecule is CC[Si](CC)(CC)CC(C)O. The fraction of sp³-hybridized carbons (Fsp3) is 1.00. The number of aliphatic hydroxyl groups is 1. The monoisotopic (exact) mass is 174 g/mol. The minimum atomic E-state index is -1.03. The summed E-state index contributed by atoms with van der Waals surface area (Å²) in [6.07, 6.45) is -0.0819. The topological polar surface area (TPSA) is 20.2 Å². The Morgan fingerprint density at radius 2 is 1.45 bits per heavy atom. The summed E-state index contributed by atoms with van der Waals surface area (Å²) in [5, 5.41) is 9.32. The molecule has 0 saturated heterocycles. The molecule has 1 atom stereocenters. The summed E-state index contributed by atoms with van der Waals surface area (Å²) in [7, 11) is -1.03. The van der Waals surface area contributed by atoms with E-state index in [4.69, 9.17) is 0 Å². The Labute approximate surface area is 71.8 Å². The summed E-state index contributed by atoms with van der Waals surface area (Å²) in [6.45, 7) is 8.76. The van der Waals surface area contributed by atoms with Crippen molar-refractivity contribution in [1.82, 2.24) is 0 Å². The van der Waals surface area contributed by atoms with Crippen LogP contribution < -0.4 is 0 Å². The Morgan fingerprint density at radius 3 is 1.55 bits per heavy atom. The highest BCUT2D eigenvalue weighted by atomic mass is 28.3. The maximum atomic E-state index is 9.32. The number of hydrogen-bond donors (Lipinski definition) is 1. The van der Waals surface area contributed by atoms with Gasteiger partial charge in [0.1, 0.15) is 0 Å². The third-order valence-corrected chi connectivity index (χ3v) is 8.94. The quantitative estimate of drug-likeness (QED) is 0.635. The van der Waals surface area contributed by atoms with Gasteiger partial charge in [0, 0.05) is 6.10 Å². The number of hydrogen-bond acceptors (Lipinski definition) is 1. The van der Waals surface area contributed by atoms with E-state index in [-0.39, 0.29) is 6.10 Å². The van der Waals surface area contributed by atoms with Crippen molar-refractivity contribution in [2.24, 2.45) is 0 Å². The molecule has 0 radical (unpaired) electrons. The Hall–Kier alpha value is 0.177. The second-order valence-electron chi connectivity index (χ2n) is 3.61. The zero-order valence-corrected chi connectivity index (χ0v) is 9.35. The highest BCUT2D eigenvalue weighted by molar-refractivity contribution is 6.79. The molecule has 0 rings (SSSR count). The van der Waals surface area contributed by atoms with Crippen molar-refractivity contribution in [3.05, 3.63) is 0 Å². The molecule has 0 aliphatic carbocycles. The van der Waals surface area contributed by atoms with Crippen molar-refractivity contribution in [1.29, 1.82) is 0 Å². The van der Waals surface area contributed by atoms with Crippen molar-refractivity contribution < 1.29 is 5.11 Å². The number of aliphatic hydroxyl groups excluding tert-OH is 1. The maximum absolute atomic E-state index is 9.32. The van der Waals surface area contributed by atoms with E-state index in [1.54, 1.807) is 0 Å². The van der Waals surface area contributed by atoms with E-state index in [9.17, 15) is 5.11 Å². The zero-order valence-electron chi connectivity index (χ0n) is 8.35. The lowest BCUT2D eigenvalue weighted by Gasteiger charge is -2.29. The van der Waals surface area contributed by atoms with Crippen LogP contribution in [0.4, 0.5) is 0 Å². The fourth-order valence-electron chi connectivity index (χ4n) is 1.81. The third kappa shape index (κ3) is 3.39. The first-order valence-electron chi connectivity index (χ1n) is 4.78. The second-order valence-corrected chi connectivity index (χ2v) is 9.14. The second kappa shape index (κ2) is 4.94. The van der Waals surface area contributed by atoms with Gasteiger partial charge in [0.2, 0.25) is 0 Å². The standard InChI is InChI=1S/C9H22OSi/c1-5-11(6-2,7-3)8-9(4)10/h9-10H,5-8H2,1-4H3. The van der Waals surface area contributed by atoms with Gasteiger partial charge in [-0.25, -0.2) is 0 Å². The molecular formula is C9H22OSi. The first kappa shape index (κ1) is 11.2. The van der Waals surface area contributed by atoms with Crippen LogP contribution in [-0.2, 0) is 0 Å². The highest BCUT2D eigenvalue weighted by Gasteiger charge is 2.27. The minimum absolute atomic E-state index is 0.0819. The van der Waals surface area contributed by atoms with Crippen LogP contribution in [0, 0.1) is 0 Å². The molecule has 2 heteroatoms. The summed E-state index contributed by atoms with van der Waals surface area (Å²) in [4.78, 5) is 0. The molecule has 11 heavy (non-hydrogen) atoms. The van der Waals surface area contributed by atoms with Gasteiger partial charge in [-0.3, -0.25) is 0 Å². The van der Waals surface area contributed by atoms with Crippen molar-refractivity contribution >= 4 is 8.07 Å². The lowest BCUT2D eigenvalue weighted by Crippen LogP contribution is -2.34. The summed E-state index contributed by atoms with van der Waals surface area (Å²) in [5.41, 5.74) is 0. The largest absolute Gasteiger partial charge is 0.394 e. The van der Waals surface area contributed by atoms with Gasteiger partial charge in [-0.15, -0.1) is 0 Å². The molecule has 0 saturated carbocycles. The van der Waals surface area contributed by atoms with E-state index < -0.39 is 8.07 Å². The van der Waals surface area contributed by atoms with Crippen LogP contribution in [0.15, 0.2) is 0 Å². The van der Waals surface area contributed by atoms with Crippen LogP contribution in [0.1, 0.15) is 27.7 Å². The van der Waals surface area contributed by atoms with Gasteiger partial charge >= 0.3 is 0 Å². The fourth-order valence-corrected chi connectivity index (χ4v) is 5.43. The van der Waals surface area contributed by atoms with Crippen molar-refractivity contribution in [3.63, 3.8) is 0 Å². The summed E-state index contributed by atoms with van der Waals surface area (Å²) >= 11 is 0. The summed E-state index contributed by atoms with van der Waals surface area (Å²) in [6, 6.07) is 5.07. The molecule has 0 heterocycles. The molecule has 0 aliphatic heterocycles. The van der Waals surface area contributed by atoms with E-state index in [2.05, 4.69) is 20.8 Å². The van der Waals surface area contributed by atoms with Gasteiger partial charge in [0.15, 0.2) is 0 Å². The average molecular weight is 174 g/mol. The predicted molar refractivity (Wildman–Crippen MR) is 53.7 cm³/mol. The molecule has 1 nitrogen and oxygen atoms in total. The molecule has 0 fully saturated rings. The van der Waals surface area contributed by atoms with E-state index in [0.29, 0.717) is 0 Å². The summed E-state index contributed by atoms with van der Waals surface area (Å²) in [5.74, 6) is 0. The Bertz CT molecular complexity index is 89.5. The van der Waals surface area contributed by atoms with Gasteiger partial charge < -0.3 is 5.11 Å². The van der Waals surface area contributed by atoms with Gasteiger partial charge in [0.25, 0.3) is 0 Å². The Morgan fingerprint density at radius 1 is 1.09 bits per heavy atom. The molecule has 0 spiro atoms. The van der Waals surface area contributed by atoms with E-state index in [1.165, 1.54) is 18.1 Å². The van der Waals surface area contributed by atoms with Crippen LogP contribution in [0.2, 0.25) is 24.2 Å². The zero-order chi connectivity index (χ0) is 8.91. The van der Waals surface area contributed by atoms with Crippen LogP contribution in [0.5, 0.6) is 0 Å². The van der Waals surface area contributed by atoms with Crippen LogP contribution in [0.25, 0.3) is 0 Å². The maximum Gasteiger partial charge on any atom is 0.0553 e. The molecule has 0 aromatic heterocycles. The lowest BCUT2D eigenvalue weighted by atomic mass is 10.5. The van der Waals surface area contributed by atoms with Gasteiger partial charge in [-0.1, -0.05) is 38.9 Å². The normalized spacial score (nSPS) is 15.0. The van der Waals surface area contributed by atoms with E-state index in [0.717, 1.165) is 6.04 Å². The van der Waals surface area contributed by atoms with Gasteiger partial charge in [-0.2, -0.15) is 0 Å². The third-order valence-electron chi connectivity index (χ3n) is 2.98. The van der Waals surface area contributed by atoms with Gasteiger partial charge in [0.05, 0.1) is 8.07 Å². The molecule has 0 amide bonds. The first-order chi connectivity index (χ1) is 5.10. The molecule has 0 aliphatic rings. The highest BCUT2D eigenvalue weighted by Crippen LogP contribution is 2.26. The lowest BCUT2D eigenvalue weighted by molar-refractivity contribution is 0.213. The average Bonchev–Trinajstić information content (AvgIpc) is 2.00. The van der Waals surface area contributed by atoms with E-state index in [1.807, 2.05) is 6.92 Å². The number of rotatable bonds is 5. The molecule has 1 N–H and O–H groups in total. The van der Waals surface area contributed by atoms with Crippen LogP contribution >= 0.6 is 0 Å². The van der Waals surface area contributed by atoms with Gasteiger partial charge in [-0.05, 0) is 13.0 Å². The van der Waals surface area contributed by atoms with Crippen molar-refractivity contribution in [2.75, 3.05) is 0 Å². The molecule has 0 bridgehead atoms. The van der Waals surface area contributed by atoms with Crippen LogP contribution in [0.3, 0.4) is 0 Å². The molecule has 68 valence electrons. The van der Waals surface area contributed by atoms with Crippen LogP contribution in [-0.4, -0.2) is 19.3 Å². The molecule has 0 aromatic rings. The first-order valence-corrected chi connectivity index (χ1v) is 7.61. The van der Waals surface area contributed by atoms with E-state index >= 15 is 0 Å². The smallest absolute Gasteiger partial charge is 0.0553 e. The van der Waals surface area contributed by atoms with Crippen molar-refractivity contribution in [3.8, 4) is 0 Å². The molecule has 0 aromatic carbocycles.